The SMILES string of the molecule is C/C(=C\C=C\CC(C)C(Cl)(Cl)Cl)C(=O)NC(c1nccs1)C(C)C. The highest BCUT2D eigenvalue weighted by Crippen LogP contribution is 2.36. The minimum atomic E-state index is -1.28. The van der Waals surface area contributed by atoms with Crippen LogP contribution >= 0.6 is 46.1 Å². The number of hydrogen-bond acceptors (Lipinski definition) is 3. The maximum atomic E-state index is 12.3. The van der Waals surface area contributed by atoms with Gasteiger partial charge in [0.1, 0.15) is 5.01 Å². The molecule has 1 heterocycles. The van der Waals surface area contributed by atoms with Gasteiger partial charge in [0, 0.05) is 23.1 Å². The van der Waals surface area contributed by atoms with E-state index < -0.39 is 3.79 Å². The molecule has 0 aromatic carbocycles. The number of hydrogen-bond donors (Lipinski definition) is 1. The number of aromatic nitrogens is 1. The molecule has 2 unspecified atom stereocenters. The molecule has 0 radical (unpaired) electrons. The van der Waals surface area contributed by atoms with Crippen LogP contribution in [0.5, 0.6) is 0 Å². The van der Waals surface area contributed by atoms with Crippen LogP contribution in [0, 0.1) is 11.8 Å². The number of rotatable bonds is 7. The Bertz CT molecular complexity index is 577. The minimum absolute atomic E-state index is 0.0887. The molecule has 0 saturated carbocycles. The zero-order valence-corrected chi connectivity index (χ0v) is 17.3. The third-order valence-electron chi connectivity index (χ3n) is 3.56. The van der Waals surface area contributed by atoms with E-state index in [-0.39, 0.29) is 23.8 Å². The van der Waals surface area contributed by atoms with Gasteiger partial charge in [0.15, 0.2) is 3.79 Å². The molecule has 7 heteroatoms. The summed E-state index contributed by atoms with van der Waals surface area (Å²) in [4.78, 5) is 16.6. The van der Waals surface area contributed by atoms with Crippen molar-refractivity contribution in [3.63, 3.8) is 0 Å². The van der Waals surface area contributed by atoms with Crippen LogP contribution < -0.4 is 5.32 Å². The molecular formula is C17H23Cl3N2OS. The van der Waals surface area contributed by atoms with Gasteiger partial charge in [-0.25, -0.2) is 4.98 Å². The van der Waals surface area contributed by atoms with Crippen LogP contribution in [0.15, 0.2) is 35.4 Å². The Balaban J connectivity index is 2.63. The second-order valence-electron chi connectivity index (χ2n) is 6.02. The van der Waals surface area contributed by atoms with Gasteiger partial charge in [0.05, 0.1) is 6.04 Å². The molecule has 1 rings (SSSR count). The van der Waals surface area contributed by atoms with Crippen molar-refractivity contribution in [3.8, 4) is 0 Å². The van der Waals surface area contributed by atoms with E-state index in [0.717, 1.165) is 5.01 Å². The van der Waals surface area contributed by atoms with Crippen LogP contribution in [0.4, 0.5) is 0 Å². The van der Waals surface area contributed by atoms with E-state index in [9.17, 15) is 4.79 Å². The van der Waals surface area contributed by atoms with Gasteiger partial charge in [0.25, 0.3) is 0 Å². The maximum absolute atomic E-state index is 12.3. The first-order valence-electron chi connectivity index (χ1n) is 7.73. The summed E-state index contributed by atoms with van der Waals surface area (Å²) in [5.41, 5.74) is 0.620. The highest BCUT2D eigenvalue weighted by molar-refractivity contribution is 7.09. The summed E-state index contributed by atoms with van der Waals surface area (Å²) < 4.78 is -1.28. The third kappa shape index (κ3) is 7.14. The van der Waals surface area contributed by atoms with Crippen LogP contribution in [0.25, 0.3) is 0 Å². The van der Waals surface area contributed by atoms with Gasteiger partial charge in [-0.15, -0.1) is 11.3 Å². The maximum Gasteiger partial charge on any atom is 0.247 e. The average molecular weight is 410 g/mol. The quantitative estimate of drug-likeness (QED) is 0.348. The van der Waals surface area contributed by atoms with E-state index in [1.54, 1.807) is 30.5 Å². The molecule has 2 atom stereocenters. The zero-order valence-electron chi connectivity index (χ0n) is 14.2. The fraction of sp³-hybridized carbons (Fsp3) is 0.529. The van der Waals surface area contributed by atoms with Gasteiger partial charge in [-0.2, -0.15) is 0 Å². The van der Waals surface area contributed by atoms with E-state index in [0.29, 0.717) is 12.0 Å². The predicted molar refractivity (Wildman–Crippen MR) is 105 cm³/mol. The Labute approximate surface area is 163 Å². The molecule has 134 valence electrons. The Morgan fingerprint density at radius 1 is 1.38 bits per heavy atom. The van der Waals surface area contributed by atoms with Crippen molar-refractivity contribution < 1.29 is 4.79 Å². The number of nitrogens with one attached hydrogen (secondary N) is 1. The fourth-order valence-corrected chi connectivity index (χ4v) is 2.99. The van der Waals surface area contributed by atoms with Crippen LogP contribution in [-0.2, 0) is 4.79 Å². The fourth-order valence-electron chi connectivity index (χ4n) is 1.86. The van der Waals surface area contributed by atoms with Crippen molar-refractivity contribution in [2.45, 2.75) is 44.0 Å². The van der Waals surface area contributed by atoms with E-state index in [2.05, 4.69) is 24.1 Å². The zero-order chi connectivity index (χ0) is 18.3. The Morgan fingerprint density at radius 3 is 2.54 bits per heavy atom. The summed E-state index contributed by atoms with van der Waals surface area (Å²) in [5, 5.41) is 5.86. The van der Waals surface area contributed by atoms with Gasteiger partial charge in [0.2, 0.25) is 5.91 Å². The molecular weight excluding hydrogens is 387 g/mol. The normalized spacial score (nSPS) is 15.8. The predicted octanol–water partition coefficient (Wildman–Crippen LogP) is 5.86. The number of carbonyl (C=O) groups is 1. The summed E-state index contributed by atoms with van der Waals surface area (Å²) in [5.74, 6) is 0.0491. The van der Waals surface area contributed by atoms with Crippen molar-refractivity contribution in [1.29, 1.82) is 0 Å². The van der Waals surface area contributed by atoms with Crippen molar-refractivity contribution >= 4 is 52.0 Å². The Morgan fingerprint density at radius 2 is 2.04 bits per heavy atom. The first-order chi connectivity index (χ1) is 11.1. The highest BCUT2D eigenvalue weighted by atomic mass is 35.6. The Hall–Kier alpha value is -0.550. The van der Waals surface area contributed by atoms with Gasteiger partial charge in [-0.3, -0.25) is 4.79 Å². The van der Waals surface area contributed by atoms with E-state index in [1.807, 2.05) is 24.5 Å². The molecule has 3 nitrogen and oxygen atoms in total. The van der Waals surface area contributed by atoms with Crippen molar-refractivity contribution in [3.05, 3.63) is 40.4 Å². The number of alkyl halides is 3. The van der Waals surface area contributed by atoms with E-state index in [1.165, 1.54) is 0 Å². The number of amides is 1. The molecule has 0 spiro atoms. The lowest BCUT2D eigenvalue weighted by Crippen LogP contribution is -2.32. The Kier molecular flexibility index (Phi) is 8.78. The van der Waals surface area contributed by atoms with Crippen LogP contribution in [0.3, 0.4) is 0 Å². The molecule has 0 fully saturated rings. The average Bonchev–Trinajstić information content (AvgIpc) is 3.00. The molecule has 0 aliphatic carbocycles. The summed E-state index contributed by atoms with van der Waals surface area (Å²) in [6.07, 6.45) is 7.84. The lowest BCUT2D eigenvalue weighted by atomic mass is 10.0. The van der Waals surface area contributed by atoms with Gasteiger partial charge >= 0.3 is 0 Å². The second-order valence-corrected chi connectivity index (χ2v) is 9.32. The number of halogens is 3. The second kappa shape index (κ2) is 9.81. The van der Waals surface area contributed by atoms with Crippen LogP contribution in [0.2, 0.25) is 0 Å². The summed E-state index contributed by atoms with van der Waals surface area (Å²) in [6.45, 7) is 7.76. The number of allylic oxidation sites excluding steroid dienone is 3. The van der Waals surface area contributed by atoms with Gasteiger partial charge in [-0.05, 0) is 19.3 Å². The van der Waals surface area contributed by atoms with E-state index in [4.69, 9.17) is 34.8 Å². The third-order valence-corrected chi connectivity index (χ3v) is 5.54. The number of thiazole rings is 1. The minimum Gasteiger partial charge on any atom is -0.343 e. The van der Waals surface area contributed by atoms with Gasteiger partial charge < -0.3 is 5.32 Å². The number of carbonyl (C=O) groups excluding carboxylic acids is 1. The highest BCUT2D eigenvalue weighted by Gasteiger charge is 2.27. The molecule has 1 N–H and O–H groups in total. The molecule has 0 aliphatic heterocycles. The smallest absolute Gasteiger partial charge is 0.247 e. The topological polar surface area (TPSA) is 42.0 Å². The molecule has 1 aromatic rings. The standard InChI is InChI=1S/C17H23Cl3N2OS/c1-11(2)14(16-21-9-10-24-16)22-15(23)12(3)7-5-6-8-13(4)17(18,19)20/h5-7,9-11,13-14H,8H2,1-4H3,(H,22,23)/b6-5+,12-7+. The van der Waals surface area contributed by atoms with Gasteiger partial charge in [-0.1, -0.05) is 73.8 Å². The van der Waals surface area contributed by atoms with Crippen molar-refractivity contribution in [2.75, 3.05) is 0 Å². The first-order valence-corrected chi connectivity index (χ1v) is 9.74. The summed E-state index contributed by atoms with van der Waals surface area (Å²) in [6, 6.07) is -0.0887. The molecule has 1 aromatic heterocycles. The monoisotopic (exact) mass is 408 g/mol. The molecule has 0 bridgehead atoms. The van der Waals surface area contributed by atoms with Crippen LogP contribution in [0.1, 0.15) is 45.2 Å². The first kappa shape index (κ1) is 21.5. The largest absolute Gasteiger partial charge is 0.343 e. The lowest BCUT2D eigenvalue weighted by Gasteiger charge is -2.20. The van der Waals surface area contributed by atoms with E-state index >= 15 is 0 Å². The lowest BCUT2D eigenvalue weighted by molar-refractivity contribution is -0.118. The van der Waals surface area contributed by atoms with Crippen LogP contribution in [-0.4, -0.2) is 14.7 Å². The molecule has 1 amide bonds. The summed E-state index contributed by atoms with van der Waals surface area (Å²) >= 11 is 19.0. The molecule has 24 heavy (non-hydrogen) atoms. The van der Waals surface area contributed by atoms with Crippen molar-refractivity contribution in [1.82, 2.24) is 10.3 Å². The summed E-state index contributed by atoms with van der Waals surface area (Å²) in [7, 11) is 0. The molecule has 0 saturated heterocycles. The molecule has 0 aliphatic rings. The number of nitrogens with zero attached hydrogens (tertiary/aromatic N) is 1. The van der Waals surface area contributed by atoms with Crippen molar-refractivity contribution in [2.24, 2.45) is 11.8 Å².